The van der Waals surface area contributed by atoms with Crippen molar-refractivity contribution < 1.29 is 57.6 Å². The molecule has 0 rings (SSSR count). The van der Waals surface area contributed by atoms with Gasteiger partial charge in [-0.15, -0.1) is 10.1 Å². The van der Waals surface area contributed by atoms with Crippen LogP contribution in [0.1, 0.15) is 26.2 Å². The zero-order valence-electron chi connectivity index (χ0n) is 9.74. The van der Waals surface area contributed by atoms with Crippen LogP contribution in [0, 0.1) is 16.0 Å². The standard InChI is InChI=1S/C8H17NO3.HNO3.Y/c1-7(4-2-3-5-9)6-12-8(10)11;2-1(3)4;/h7H,2-6,9H2,1H3,(H,10,11);(H,2,3,4);. The molecule has 0 fully saturated rings. The molecule has 0 aliphatic rings. The van der Waals surface area contributed by atoms with E-state index < -0.39 is 11.2 Å². The first-order chi connectivity index (χ1) is 7.40. The van der Waals surface area contributed by atoms with E-state index in [-0.39, 0.29) is 32.7 Å². The number of nitrogens with zero attached hydrogens (tertiary/aromatic N) is 1. The molecule has 0 aliphatic carbocycles. The molecule has 17 heavy (non-hydrogen) atoms. The van der Waals surface area contributed by atoms with E-state index in [4.69, 9.17) is 26.2 Å². The van der Waals surface area contributed by atoms with Gasteiger partial charge in [-0.1, -0.05) is 13.3 Å². The van der Waals surface area contributed by atoms with Gasteiger partial charge < -0.3 is 20.8 Å². The van der Waals surface area contributed by atoms with Crippen molar-refractivity contribution >= 4 is 6.16 Å². The Morgan fingerprint density at radius 1 is 1.53 bits per heavy atom. The van der Waals surface area contributed by atoms with Gasteiger partial charge in [-0.3, -0.25) is 0 Å². The largest absolute Gasteiger partial charge is 0.505 e. The Hall–Kier alpha value is -0.466. The monoisotopic (exact) mass is 327 g/mol. The fraction of sp³-hybridized carbons (Fsp3) is 0.875. The van der Waals surface area contributed by atoms with Gasteiger partial charge in [0.05, 0.1) is 6.61 Å². The average Bonchev–Trinajstić information content (AvgIpc) is 2.14. The smallest absolute Gasteiger partial charge is 0.450 e. The molecular formula is C8H18N2O6Y. The summed E-state index contributed by atoms with van der Waals surface area (Å²) < 4.78 is 4.42. The molecule has 1 unspecified atom stereocenters. The Labute approximate surface area is 124 Å². The SMILES string of the molecule is CC(CCCCN)COC(=O)O.O=[N+]([O-])O.[Y]. The van der Waals surface area contributed by atoms with Crippen LogP contribution in [0.15, 0.2) is 0 Å². The first-order valence-corrected chi connectivity index (χ1v) is 4.79. The minimum atomic E-state index is -1.50. The number of hydrogen-bond acceptors (Lipinski definition) is 5. The van der Waals surface area contributed by atoms with Crippen molar-refractivity contribution in [1.29, 1.82) is 0 Å². The van der Waals surface area contributed by atoms with Gasteiger partial charge >= 0.3 is 6.16 Å². The number of carbonyl (C=O) groups is 1. The maximum absolute atomic E-state index is 9.99. The number of nitrogens with two attached hydrogens (primary N) is 1. The third kappa shape index (κ3) is 31.3. The van der Waals surface area contributed by atoms with Crippen molar-refractivity contribution in [3.63, 3.8) is 0 Å². The van der Waals surface area contributed by atoms with Crippen LogP contribution in [0.25, 0.3) is 0 Å². The average molecular weight is 327 g/mol. The summed E-state index contributed by atoms with van der Waals surface area (Å²) in [5.41, 5.74) is 5.31. The topological polar surface area (TPSA) is 136 Å². The van der Waals surface area contributed by atoms with Gasteiger partial charge in [0.25, 0.3) is 5.09 Å². The summed E-state index contributed by atoms with van der Waals surface area (Å²) in [5.74, 6) is 0.299. The first kappa shape index (κ1) is 21.8. The van der Waals surface area contributed by atoms with Crippen LogP contribution in [0.5, 0.6) is 0 Å². The molecule has 0 aromatic heterocycles. The molecule has 99 valence electrons. The molecule has 0 aromatic carbocycles. The summed E-state index contributed by atoms with van der Waals surface area (Å²) in [4.78, 5) is 18.4. The quantitative estimate of drug-likeness (QED) is 0.287. The second-order valence-electron chi connectivity index (χ2n) is 3.20. The van der Waals surface area contributed by atoms with E-state index in [1.807, 2.05) is 6.92 Å². The van der Waals surface area contributed by atoms with Gasteiger partial charge in [-0.2, -0.15) is 0 Å². The summed E-state index contributed by atoms with van der Waals surface area (Å²) >= 11 is 0. The van der Waals surface area contributed by atoms with Gasteiger partial charge in [0.15, 0.2) is 0 Å². The first-order valence-electron chi connectivity index (χ1n) is 4.79. The van der Waals surface area contributed by atoms with Crippen LogP contribution >= 0.6 is 0 Å². The molecule has 0 saturated heterocycles. The summed E-state index contributed by atoms with van der Waals surface area (Å²) in [7, 11) is 0. The third-order valence-corrected chi connectivity index (χ3v) is 1.64. The minimum absolute atomic E-state index is 0. The van der Waals surface area contributed by atoms with E-state index >= 15 is 0 Å². The molecule has 0 aliphatic heterocycles. The zero-order chi connectivity index (χ0) is 13.0. The number of unbranched alkanes of at least 4 members (excludes halogenated alkanes) is 1. The van der Waals surface area contributed by atoms with Gasteiger partial charge in [0.1, 0.15) is 0 Å². The second kappa shape index (κ2) is 15.5. The maximum atomic E-state index is 9.99. The Balaban J connectivity index is -0.000000340. The minimum Gasteiger partial charge on any atom is -0.450 e. The van der Waals surface area contributed by atoms with Crippen molar-refractivity contribution in [3.8, 4) is 0 Å². The third-order valence-electron chi connectivity index (χ3n) is 1.64. The normalized spacial score (nSPS) is 10.2. The van der Waals surface area contributed by atoms with Gasteiger partial charge in [-0.05, 0) is 25.3 Å². The van der Waals surface area contributed by atoms with E-state index in [1.54, 1.807) is 0 Å². The van der Waals surface area contributed by atoms with Crippen LogP contribution in [0.4, 0.5) is 4.79 Å². The van der Waals surface area contributed by atoms with Crippen molar-refractivity contribution in [2.24, 2.45) is 11.7 Å². The number of rotatable bonds is 6. The molecule has 8 nitrogen and oxygen atoms in total. The van der Waals surface area contributed by atoms with E-state index in [0.29, 0.717) is 19.1 Å². The van der Waals surface area contributed by atoms with Crippen molar-refractivity contribution in [3.05, 3.63) is 10.1 Å². The Morgan fingerprint density at radius 2 is 2.00 bits per heavy atom. The summed E-state index contributed by atoms with van der Waals surface area (Å²) in [6.45, 7) is 2.96. The molecule has 4 N–H and O–H groups in total. The molecule has 0 spiro atoms. The van der Waals surface area contributed by atoms with Crippen molar-refractivity contribution in [2.45, 2.75) is 26.2 Å². The summed E-state index contributed by atoms with van der Waals surface area (Å²) in [5, 5.41) is 21.8. The van der Waals surface area contributed by atoms with E-state index in [2.05, 4.69) is 4.74 Å². The number of ether oxygens (including phenoxy) is 1. The predicted molar refractivity (Wildman–Crippen MR) is 54.8 cm³/mol. The molecule has 0 amide bonds. The number of carboxylic acid groups (broad SMARTS) is 1. The van der Waals surface area contributed by atoms with E-state index in [0.717, 1.165) is 19.3 Å². The van der Waals surface area contributed by atoms with Crippen LogP contribution in [-0.4, -0.2) is 34.7 Å². The van der Waals surface area contributed by atoms with Crippen LogP contribution in [0.3, 0.4) is 0 Å². The van der Waals surface area contributed by atoms with Gasteiger partial charge in [0, 0.05) is 32.7 Å². The van der Waals surface area contributed by atoms with E-state index in [9.17, 15) is 4.79 Å². The Morgan fingerprint density at radius 3 is 2.35 bits per heavy atom. The van der Waals surface area contributed by atoms with Gasteiger partial charge in [0.2, 0.25) is 0 Å². The Kier molecular flexibility index (Phi) is 19.9. The number of hydrogen-bond donors (Lipinski definition) is 3. The maximum Gasteiger partial charge on any atom is 0.505 e. The van der Waals surface area contributed by atoms with Crippen molar-refractivity contribution in [1.82, 2.24) is 0 Å². The van der Waals surface area contributed by atoms with Crippen LogP contribution < -0.4 is 5.73 Å². The molecule has 0 saturated carbocycles. The van der Waals surface area contributed by atoms with Gasteiger partial charge in [-0.25, -0.2) is 4.79 Å². The van der Waals surface area contributed by atoms with Crippen LogP contribution in [0.2, 0.25) is 0 Å². The molecule has 0 bridgehead atoms. The summed E-state index contributed by atoms with van der Waals surface area (Å²) in [6.07, 6.45) is 1.82. The van der Waals surface area contributed by atoms with Crippen molar-refractivity contribution in [2.75, 3.05) is 13.2 Å². The molecule has 0 aromatic rings. The van der Waals surface area contributed by atoms with Crippen LogP contribution in [-0.2, 0) is 37.4 Å². The summed E-state index contributed by atoms with van der Waals surface area (Å²) in [6, 6.07) is 0. The molecule has 1 atom stereocenters. The molecule has 0 heterocycles. The fourth-order valence-corrected chi connectivity index (χ4v) is 0.934. The molecule has 9 heteroatoms. The fourth-order valence-electron chi connectivity index (χ4n) is 0.934. The predicted octanol–water partition coefficient (Wildman–Crippen LogP) is 1.10. The Bertz CT molecular complexity index is 200. The molecule has 1 radical (unpaired) electrons. The zero-order valence-corrected chi connectivity index (χ0v) is 12.6. The van der Waals surface area contributed by atoms with E-state index in [1.165, 1.54) is 0 Å². The molecular weight excluding hydrogens is 309 g/mol. The second-order valence-corrected chi connectivity index (χ2v) is 3.20.